The fourth-order valence-corrected chi connectivity index (χ4v) is 3.30. The highest BCUT2D eigenvalue weighted by atomic mass is 32.2. The van der Waals surface area contributed by atoms with E-state index in [-0.39, 0.29) is 23.6 Å². The Balaban J connectivity index is 2.36. The molecule has 138 valence electrons. The third-order valence-corrected chi connectivity index (χ3v) is 4.98. The average molecular weight is 376 g/mol. The smallest absolute Gasteiger partial charge is 0.311 e. The largest absolute Gasteiger partial charge is 0.466 e. The predicted octanol–water partition coefficient (Wildman–Crippen LogP) is 3.08. The zero-order valence-electron chi connectivity index (χ0n) is 14.6. The summed E-state index contributed by atoms with van der Waals surface area (Å²) < 4.78 is 36.6. The van der Waals surface area contributed by atoms with Crippen molar-refractivity contribution in [1.82, 2.24) is 4.41 Å². The van der Waals surface area contributed by atoms with Crippen LogP contribution in [0.5, 0.6) is 0 Å². The Labute approximate surface area is 152 Å². The van der Waals surface area contributed by atoms with Crippen molar-refractivity contribution in [2.24, 2.45) is 5.10 Å². The van der Waals surface area contributed by atoms with Crippen molar-refractivity contribution < 1.29 is 22.4 Å². The van der Waals surface area contributed by atoms with E-state index in [0.717, 1.165) is 9.98 Å². The zero-order valence-corrected chi connectivity index (χ0v) is 15.4. The van der Waals surface area contributed by atoms with Crippen LogP contribution in [-0.2, 0) is 19.6 Å². The van der Waals surface area contributed by atoms with Crippen LogP contribution in [-0.4, -0.2) is 31.6 Å². The quantitative estimate of drug-likeness (QED) is 0.401. The van der Waals surface area contributed by atoms with E-state index in [9.17, 15) is 13.2 Å². The molecule has 2 rings (SSSR count). The monoisotopic (exact) mass is 376 g/mol. The molecule has 0 aliphatic heterocycles. The Morgan fingerprint density at radius 2 is 2.00 bits per heavy atom. The summed E-state index contributed by atoms with van der Waals surface area (Å²) in [5.74, 6) is -0.229. The van der Waals surface area contributed by atoms with Gasteiger partial charge in [0.05, 0.1) is 36.1 Å². The van der Waals surface area contributed by atoms with Gasteiger partial charge >= 0.3 is 5.97 Å². The van der Waals surface area contributed by atoms with Gasteiger partial charge in [0.25, 0.3) is 10.0 Å². The Kier molecular flexibility index (Phi) is 6.35. The molecule has 0 aliphatic rings. The van der Waals surface area contributed by atoms with Gasteiger partial charge in [-0.25, -0.2) is 0 Å². The molecule has 0 atom stereocenters. The molecule has 8 heteroatoms. The van der Waals surface area contributed by atoms with Crippen LogP contribution in [0, 0.1) is 6.92 Å². The fraction of sp³-hybridized carbons (Fsp3) is 0.222. The molecule has 0 radical (unpaired) electrons. The molecule has 0 amide bonds. The Morgan fingerprint density at radius 1 is 1.31 bits per heavy atom. The molecule has 26 heavy (non-hydrogen) atoms. The van der Waals surface area contributed by atoms with E-state index in [2.05, 4.69) is 11.7 Å². The van der Waals surface area contributed by atoms with Gasteiger partial charge in [0.15, 0.2) is 0 Å². The van der Waals surface area contributed by atoms with Crippen LogP contribution in [0.4, 0.5) is 0 Å². The highest BCUT2D eigenvalue weighted by Gasteiger charge is 2.27. The molecule has 1 heterocycles. The number of hydrazone groups is 1. The standard InChI is InChI=1S/C18H20N2O5S/c1-4-24-18(21)12-15(3)20(19-13-16-6-5-11-25-16)26(22,23)17-9-7-14(2)8-10-17/h5-11,13H,3-4,12H2,1-2H3/b19-13+. The van der Waals surface area contributed by atoms with Crippen molar-refractivity contribution in [3.05, 3.63) is 66.3 Å². The first-order valence-electron chi connectivity index (χ1n) is 7.87. The molecule has 7 nitrogen and oxygen atoms in total. The van der Waals surface area contributed by atoms with Gasteiger partial charge in [-0.05, 0) is 38.1 Å². The average Bonchev–Trinajstić information content (AvgIpc) is 3.08. The Hall–Kier alpha value is -2.87. The van der Waals surface area contributed by atoms with Gasteiger partial charge in [0.2, 0.25) is 0 Å². The lowest BCUT2D eigenvalue weighted by Crippen LogP contribution is -2.27. The molecule has 0 N–H and O–H groups in total. The second kappa shape index (κ2) is 8.48. The number of hydrogen-bond acceptors (Lipinski definition) is 6. The van der Waals surface area contributed by atoms with Gasteiger partial charge in [-0.15, -0.1) is 0 Å². The molecule has 0 spiro atoms. The zero-order chi connectivity index (χ0) is 19.2. The third kappa shape index (κ3) is 4.82. The number of aryl methyl sites for hydroxylation is 1. The molecule has 0 saturated carbocycles. The van der Waals surface area contributed by atoms with Crippen molar-refractivity contribution in [3.63, 3.8) is 0 Å². The van der Waals surface area contributed by atoms with Crippen molar-refractivity contribution in [2.75, 3.05) is 6.61 Å². The van der Waals surface area contributed by atoms with Crippen LogP contribution in [0.25, 0.3) is 0 Å². The highest BCUT2D eigenvalue weighted by Crippen LogP contribution is 2.22. The van der Waals surface area contributed by atoms with Gasteiger partial charge in [-0.2, -0.15) is 17.9 Å². The second-order valence-corrected chi connectivity index (χ2v) is 7.14. The van der Waals surface area contributed by atoms with Crippen molar-refractivity contribution >= 4 is 22.2 Å². The predicted molar refractivity (Wildman–Crippen MR) is 96.9 cm³/mol. The van der Waals surface area contributed by atoms with E-state index >= 15 is 0 Å². The molecular formula is C18H20N2O5S. The minimum atomic E-state index is -4.04. The first kappa shape index (κ1) is 19.5. The number of esters is 1. The van der Waals surface area contributed by atoms with Crippen molar-refractivity contribution in [1.29, 1.82) is 0 Å². The van der Waals surface area contributed by atoms with Crippen LogP contribution < -0.4 is 0 Å². The summed E-state index contributed by atoms with van der Waals surface area (Å²) >= 11 is 0. The Bertz CT molecular complexity index is 884. The molecule has 1 aromatic carbocycles. The van der Waals surface area contributed by atoms with Gasteiger partial charge in [-0.3, -0.25) is 4.79 Å². The maximum atomic E-state index is 13.0. The lowest BCUT2D eigenvalue weighted by atomic mass is 10.2. The number of carbonyl (C=O) groups is 1. The molecular weight excluding hydrogens is 356 g/mol. The summed E-state index contributed by atoms with van der Waals surface area (Å²) in [6.07, 6.45) is 2.37. The summed E-state index contributed by atoms with van der Waals surface area (Å²) in [6, 6.07) is 9.56. The van der Waals surface area contributed by atoms with Gasteiger partial charge in [0, 0.05) is 0 Å². The summed E-state index contributed by atoms with van der Waals surface area (Å²) in [5, 5.41) is 3.97. The lowest BCUT2D eigenvalue weighted by molar-refractivity contribution is -0.142. The number of carbonyl (C=O) groups excluding carboxylic acids is 1. The van der Waals surface area contributed by atoms with E-state index in [0.29, 0.717) is 5.76 Å². The number of ether oxygens (including phenoxy) is 1. The molecule has 0 unspecified atom stereocenters. The van der Waals surface area contributed by atoms with Crippen molar-refractivity contribution in [2.45, 2.75) is 25.2 Å². The van der Waals surface area contributed by atoms with Crippen molar-refractivity contribution in [3.8, 4) is 0 Å². The van der Waals surface area contributed by atoms with E-state index < -0.39 is 16.0 Å². The number of sulfonamides is 1. The van der Waals surface area contributed by atoms with E-state index in [1.807, 2.05) is 6.92 Å². The maximum Gasteiger partial charge on any atom is 0.311 e. The lowest BCUT2D eigenvalue weighted by Gasteiger charge is -2.20. The van der Waals surface area contributed by atoms with E-state index in [1.165, 1.54) is 24.6 Å². The minimum Gasteiger partial charge on any atom is -0.466 e. The van der Waals surface area contributed by atoms with Gasteiger partial charge < -0.3 is 9.15 Å². The maximum absolute atomic E-state index is 13.0. The fourth-order valence-electron chi connectivity index (χ4n) is 2.04. The van der Waals surface area contributed by atoms with Crippen LogP contribution in [0.15, 0.2) is 69.4 Å². The Morgan fingerprint density at radius 3 is 2.58 bits per heavy atom. The van der Waals surface area contributed by atoms with Crippen LogP contribution in [0.2, 0.25) is 0 Å². The first-order chi connectivity index (χ1) is 12.3. The van der Waals surface area contributed by atoms with Crippen LogP contribution in [0.1, 0.15) is 24.7 Å². The van der Waals surface area contributed by atoms with Gasteiger partial charge in [0.1, 0.15) is 5.76 Å². The molecule has 2 aromatic rings. The normalized spacial score (nSPS) is 11.5. The minimum absolute atomic E-state index is 0.0321. The number of nitrogens with zero attached hydrogens (tertiary/aromatic N) is 2. The summed E-state index contributed by atoms with van der Waals surface area (Å²) in [7, 11) is -4.04. The molecule has 0 aliphatic carbocycles. The highest BCUT2D eigenvalue weighted by molar-refractivity contribution is 7.89. The molecule has 0 bridgehead atoms. The van der Waals surface area contributed by atoms with E-state index in [1.54, 1.807) is 31.2 Å². The summed E-state index contributed by atoms with van der Waals surface area (Å²) in [5.41, 5.74) is 0.881. The van der Waals surface area contributed by atoms with E-state index in [4.69, 9.17) is 9.15 Å². The molecule has 0 saturated heterocycles. The second-order valence-electron chi connectivity index (χ2n) is 5.37. The van der Waals surface area contributed by atoms with Crippen LogP contribution in [0.3, 0.4) is 0 Å². The van der Waals surface area contributed by atoms with Crippen LogP contribution >= 0.6 is 0 Å². The number of rotatable bonds is 8. The summed E-state index contributed by atoms with van der Waals surface area (Å²) in [4.78, 5) is 11.8. The number of benzene rings is 1. The number of furan rings is 1. The number of hydrogen-bond donors (Lipinski definition) is 0. The third-order valence-electron chi connectivity index (χ3n) is 3.30. The first-order valence-corrected chi connectivity index (χ1v) is 9.31. The SMILES string of the molecule is C=C(CC(=O)OCC)N(/N=C/c1ccco1)S(=O)(=O)c1ccc(C)cc1. The topological polar surface area (TPSA) is 89.2 Å². The molecule has 0 fully saturated rings. The molecule has 1 aromatic heterocycles. The summed E-state index contributed by atoms with van der Waals surface area (Å²) in [6.45, 7) is 7.39. The van der Waals surface area contributed by atoms with Gasteiger partial charge in [-0.1, -0.05) is 24.3 Å².